The van der Waals surface area contributed by atoms with Crippen molar-refractivity contribution < 1.29 is 29.0 Å². The minimum atomic E-state index is -0.679. The molecule has 1 unspecified atom stereocenters. The number of benzene rings is 1. The molecule has 1 aromatic carbocycles. The highest BCUT2D eigenvalue weighted by Crippen LogP contribution is 2.39. The maximum Gasteiger partial charge on any atom is 0.308 e. The van der Waals surface area contributed by atoms with Gasteiger partial charge in [0.15, 0.2) is 11.5 Å². The number of methoxy groups -OCH3 is 1. The molecular formula is C21H27NO6. The van der Waals surface area contributed by atoms with Crippen LogP contribution in [0.25, 0.3) is 0 Å². The number of Topliss-reactive ketones (excluding diaryl/α,β-unsaturated/α-hetero) is 1. The first-order chi connectivity index (χ1) is 13.3. The van der Waals surface area contributed by atoms with Gasteiger partial charge in [-0.05, 0) is 30.0 Å². The minimum Gasteiger partial charge on any atom is -0.503 e. The van der Waals surface area contributed by atoms with Crippen molar-refractivity contribution in [1.29, 1.82) is 0 Å². The molecule has 1 atom stereocenters. The van der Waals surface area contributed by atoms with E-state index in [2.05, 4.69) is 0 Å². The number of nitrogens with zero attached hydrogens (tertiary/aromatic N) is 1. The molecule has 0 spiro atoms. The minimum absolute atomic E-state index is 0.0948. The molecule has 2 rings (SSSR count). The molecule has 0 fully saturated rings. The van der Waals surface area contributed by atoms with Gasteiger partial charge in [0, 0.05) is 33.6 Å². The van der Waals surface area contributed by atoms with Crippen LogP contribution in [0.2, 0.25) is 0 Å². The standard InChI is InChI=1S/C21H27NO6/c1-13(2)12-17(24)18-19(15-6-8-16(9-7-15)28-14(3)23)22(10-5-11-27-4)21(26)20(18)25/h6-9,13,19,25H,5,10-12H2,1-4H3. The number of amides is 1. The number of ketones is 1. The topological polar surface area (TPSA) is 93.1 Å². The van der Waals surface area contributed by atoms with E-state index in [1.807, 2.05) is 13.8 Å². The van der Waals surface area contributed by atoms with Gasteiger partial charge in [-0.25, -0.2) is 0 Å². The predicted octanol–water partition coefficient (Wildman–Crippen LogP) is 2.96. The van der Waals surface area contributed by atoms with Crippen LogP contribution in [0.1, 0.15) is 45.2 Å². The van der Waals surface area contributed by atoms with E-state index < -0.39 is 23.7 Å². The van der Waals surface area contributed by atoms with Crippen LogP contribution in [-0.4, -0.2) is 47.9 Å². The number of carbonyl (C=O) groups excluding carboxylic acids is 3. The van der Waals surface area contributed by atoms with E-state index in [4.69, 9.17) is 9.47 Å². The first-order valence-corrected chi connectivity index (χ1v) is 9.30. The van der Waals surface area contributed by atoms with Crippen LogP contribution >= 0.6 is 0 Å². The van der Waals surface area contributed by atoms with Gasteiger partial charge < -0.3 is 19.5 Å². The Balaban J connectivity index is 2.39. The highest BCUT2D eigenvalue weighted by molar-refractivity contribution is 6.09. The molecule has 1 N–H and O–H groups in total. The Morgan fingerprint density at radius 1 is 1.21 bits per heavy atom. The Morgan fingerprint density at radius 3 is 2.39 bits per heavy atom. The molecule has 0 aromatic heterocycles. The van der Waals surface area contributed by atoms with Crippen molar-refractivity contribution >= 4 is 17.7 Å². The third kappa shape index (κ3) is 4.98. The van der Waals surface area contributed by atoms with Crippen LogP contribution in [0.4, 0.5) is 0 Å². The first kappa shape index (κ1) is 21.6. The zero-order valence-corrected chi connectivity index (χ0v) is 16.7. The Kier molecular flexibility index (Phi) is 7.34. The number of hydrogen-bond donors (Lipinski definition) is 1. The van der Waals surface area contributed by atoms with Crippen molar-refractivity contribution in [3.63, 3.8) is 0 Å². The van der Waals surface area contributed by atoms with Crippen LogP contribution in [0, 0.1) is 5.92 Å². The van der Waals surface area contributed by atoms with Gasteiger partial charge in [-0.3, -0.25) is 14.4 Å². The summed E-state index contributed by atoms with van der Waals surface area (Å²) in [4.78, 5) is 38.0. The number of ether oxygens (including phenoxy) is 2. The average Bonchev–Trinajstić information content (AvgIpc) is 2.86. The zero-order valence-electron chi connectivity index (χ0n) is 16.7. The fourth-order valence-corrected chi connectivity index (χ4v) is 3.26. The van der Waals surface area contributed by atoms with Crippen LogP contribution in [-0.2, 0) is 19.1 Å². The summed E-state index contributed by atoms with van der Waals surface area (Å²) in [6.07, 6.45) is 0.809. The number of aliphatic hydroxyl groups is 1. The second-order valence-corrected chi connectivity index (χ2v) is 7.19. The molecule has 1 aromatic rings. The smallest absolute Gasteiger partial charge is 0.308 e. The quantitative estimate of drug-likeness (QED) is 0.396. The largest absolute Gasteiger partial charge is 0.503 e. The van der Waals surface area contributed by atoms with Crippen molar-refractivity contribution in [2.45, 2.75) is 39.7 Å². The number of aliphatic hydroxyl groups excluding tert-OH is 1. The molecule has 7 heteroatoms. The molecule has 152 valence electrons. The van der Waals surface area contributed by atoms with Crippen molar-refractivity contribution in [3.05, 3.63) is 41.2 Å². The first-order valence-electron chi connectivity index (χ1n) is 9.30. The summed E-state index contributed by atoms with van der Waals surface area (Å²) in [5.41, 5.74) is 0.786. The number of esters is 1. The number of carbonyl (C=O) groups is 3. The van der Waals surface area contributed by atoms with Crippen LogP contribution in [0.5, 0.6) is 5.75 Å². The van der Waals surface area contributed by atoms with E-state index in [-0.39, 0.29) is 23.7 Å². The average molecular weight is 389 g/mol. The molecule has 28 heavy (non-hydrogen) atoms. The lowest BCUT2D eigenvalue weighted by Gasteiger charge is -2.27. The maximum atomic E-state index is 12.8. The summed E-state index contributed by atoms with van der Waals surface area (Å²) in [5.74, 6) is -1.26. The van der Waals surface area contributed by atoms with Crippen molar-refractivity contribution in [3.8, 4) is 5.75 Å². The van der Waals surface area contributed by atoms with E-state index in [0.29, 0.717) is 30.9 Å². The third-order valence-corrected chi connectivity index (χ3v) is 4.40. The molecule has 1 aliphatic rings. The summed E-state index contributed by atoms with van der Waals surface area (Å²) in [6.45, 7) is 5.92. The third-order valence-electron chi connectivity index (χ3n) is 4.40. The molecule has 1 amide bonds. The monoisotopic (exact) mass is 389 g/mol. The molecule has 0 saturated carbocycles. The lowest BCUT2D eigenvalue weighted by Crippen LogP contribution is -2.32. The van der Waals surface area contributed by atoms with Crippen LogP contribution in [0.15, 0.2) is 35.6 Å². The summed E-state index contributed by atoms with van der Waals surface area (Å²) < 4.78 is 10.1. The molecule has 1 aliphatic heterocycles. The molecule has 1 heterocycles. The van der Waals surface area contributed by atoms with E-state index in [9.17, 15) is 19.5 Å². The van der Waals surface area contributed by atoms with Gasteiger partial charge in [0.05, 0.1) is 11.6 Å². The number of rotatable bonds is 9. The fraction of sp³-hybridized carbons (Fsp3) is 0.476. The van der Waals surface area contributed by atoms with E-state index >= 15 is 0 Å². The Morgan fingerprint density at radius 2 is 1.86 bits per heavy atom. The van der Waals surface area contributed by atoms with Crippen LogP contribution in [0.3, 0.4) is 0 Å². The summed E-state index contributed by atoms with van der Waals surface area (Å²) in [6, 6.07) is 5.92. The molecule has 0 saturated heterocycles. The SMILES string of the molecule is COCCCN1C(=O)C(O)=C(C(=O)CC(C)C)C1c1ccc(OC(C)=O)cc1. The molecule has 0 radical (unpaired) electrons. The van der Waals surface area contributed by atoms with Gasteiger partial charge in [0.2, 0.25) is 0 Å². The second kappa shape index (κ2) is 9.50. The highest BCUT2D eigenvalue weighted by Gasteiger charge is 2.43. The van der Waals surface area contributed by atoms with E-state index in [0.717, 1.165) is 0 Å². The van der Waals surface area contributed by atoms with Crippen molar-refractivity contribution in [1.82, 2.24) is 4.90 Å². The van der Waals surface area contributed by atoms with Gasteiger partial charge in [-0.15, -0.1) is 0 Å². The summed E-state index contributed by atoms with van der Waals surface area (Å²) >= 11 is 0. The second-order valence-electron chi connectivity index (χ2n) is 7.19. The summed E-state index contributed by atoms with van der Waals surface area (Å²) in [7, 11) is 1.57. The zero-order chi connectivity index (χ0) is 20.8. The lowest BCUT2D eigenvalue weighted by atomic mass is 9.92. The summed E-state index contributed by atoms with van der Waals surface area (Å²) in [5, 5.41) is 10.4. The Labute approximate surface area is 164 Å². The molecular weight excluding hydrogens is 362 g/mol. The van der Waals surface area contributed by atoms with Gasteiger partial charge in [-0.1, -0.05) is 26.0 Å². The molecule has 7 nitrogen and oxygen atoms in total. The Bertz CT molecular complexity index is 766. The van der Waals surface area contributed by atoms with Gasteiger partial charge in [0.25, 0.3) is 5.91 Å². The van der Waals surface area contributed by atoms with Crippen molar-refractivity contribution in [2.75, 3.05) is 20.3 Å². The maximum absolute atomic E-state index is 12.8. The Hall–Kier alpha value is -2.67. The van der Waals surface area contributed by atoms with Gasteiger partial charge >= 0.3 is 5.97 Å². The van der Waals surface area contributed by atoms with Crippen molar-refractivity contribution in [2.24, 2.45) is 5.92 Å². The van der Waals surface area contributed by atoms with Crippen LogP contribution < -0.4 is 4.74 Å². The van der Waals surface area contributed by atoms with E-state index in [1.54, 1.807) is 31.4 Å². The highest BCUT2D eigenvalue weighted by atomic mass is 16.5. The molecule has 0 bridgehead atoms. The predicted molar refractivity (Wildman–Crippen MR) is 103 cm³/mol. The van der Waals surface area contributed by atoms with Gasteiger partial charge in [0.1, 0.15) is 5.75 Å². The molecule has 0 aliphatic carbocycles. The normalized spacial score (nSPS) is 16.8. The van der Waals surface area contributed by atoms with Gasteiger partial charge in [-0.2, -0.15) is 0 Å². The van der Waals surface area contributed by atoms with E-state index in [1.165, 1.54) is 11.8 Å². The lowest BCUT2D eigenvalue weighted by molar-refractivity contribution is -0.132. The fourth-order valence-electron chi connectivity index (χ4n) is 3.26. The number of hydrogen-bond acceptors (Lipinski definition) is 6.